The Labute approximate surface area is 104 Å². The van der Waals surface area contributed by atoms with E-state index in [0.717, 1.165) is 12.1 Å². The lowest BCUT2D eigenvalue weighted by atomic mass is 9.99. The second kappa shape index (κ2) is 6.22. The van der Waals surface area contributed by atoms with E-state index in [4.69, 9.17) is 10.8 Å². The van der Waals surface area contributed by atoms with Gasteiger partial charge in [-0.2, -0.15) is 0 Å². The molecule has 4 N–H and O–H groups in total. The van der Waals surface area contributed by atoms with Gasteiger partial charge in [-0.1, -0.05) is 6.08 Å². The number of carboxylic acids is 1. The van der Waals surface area contributed by atoms with Crippen molar-refractivity contribution in [3.8, 4) is 5.75 Å². The molecule has 1 rings (SSSR count). The van der Waals surface area contributed by atoms with Gasteiger partial charge in [0.15, 0.2) is 0 Å². The predicted octanol–water partition coefficient (Wildman–Crippen LogP) is 2.23. The molecule has 0 aromatic heterocycles. The number of phenols is 1. The van der Waals surface area contributed by atoms with Crippen molar-refractivity contribution in [1.82, 2.24) is 0 Å². The van der Waals surface area contributed by atoms with E-state index in [1.54, 1.807) is 0 Å². The molecule has 94 valence electrons. The first kappa shape index (κ1) is 15.4. The summed E-state index contributed by atoms with van der Waals surface area (Å²) in [5.74, 6) is -2.68. The molecular formula is C11H13ClFNO3. The minimum Gasteiger partial charge on any atom is -0.507 e. The van der Waals surface area contributed by atoms with Crippen molar-refractivity contribution in [2.75, 3.05) is 0 Å². The molecule has 4 nitrogen and oxygen atoms in total. The van der Waals surface area contributed by atoms with Gasteiger partial charge in [0.25, 0.3) is 0 Å². The van der Waals surface area contributed by atoms with Crippen LogP contribution in [0.15, 0.2) is 24.8 Å². The summed E-state index contributed by atoms with van der Waals surface area (Å²) in [5.41, 5.74) is 5.05. The molecule has 0 aliphatic rings. The quantitative estimate of drug-likeness (QED) is 0.726. The standard InChI is InChI=1S/C11H12FNO3.ClH/c1-2-3-8(13)9-7(12)5-4-6(10(9)14)11(15)16;/h2,4-5,8,14H,1,3,13H2,(H,15,16);1H/t8-;/m0./s1. The summed E-state index contributed by atoms with van der Waals surface area (Å²) in [6.07, 6.45) is 1.71. The Hall–Kier alpha value is -1.59. The second-order valence-electron chi connectivity index (χ2n) is 3.29. The van der Waals surface area contributed by atoms with Crippen molar-refractivity contribution in [2.24, 2.45) is 5.73 Å². The van der Waals surface area contributed by atoms with Gasteiger partial charge < -0.3 is 15.9 Å². The Bertz CT molecular complexity index is 437. The van der Waals surface area contributed by atoms with Crippen molar-refractivity contribution < 1.29 is 19.4 Å². The van der Waals surface area contributed by atoms with Gasteiger partial charge in [-0.05, 0) is 18.6 Å². The highest BCUT2D eigenvalue weighted by atomic mass is 35.5. The lowest BCUT2D eigenvalue weighted by Crippen LogP contribution is -2.13. The fraction of sp³-hybridized carbons (Fsp3) is 0.182. The second-order valence-corrected chi connectivity index (χ2v) is 3.29. The number of nitrogens with two attached hydrogens (primary N) is 1. The summed E-state index contributed by atoms with van der Waals surface area (Å²) in [5, 5.41) is 18.4. The van der Waals surface area contributed by atoms with E-state index in [0.29, 0.717) is 0 Å². The van der Waals surface area contributed by atoms with Gasteiger partial charge in [-0.15, -0.1) is 19.0 Å². The SMILES string of the molecule is C=CC[C@H](N)c1c(F)ccc(C(=O)O)c1O.Cl. The van der Waals surface area contributed by atoms with Gasteiger partial charge in [0.2, 0.25) is 0 Å². The maximum absolute atomic E-state index is 13.4. The van der Waals surface area contributed by atoms with Crippen LogP contribution < -0.4 is 5.73 Å². The number of carbonyl (C=O) groups is 1. The zero-order chi connectivity index (χ0) is 12.3. The summed E-state index contributed by atoms with van der Waals surface area (Å²) in [6.45, 7) is 3.44. The van der Waals surface area contributed by atoms with Crippen molar-refractivity contribution in [3.63, 3.8) is 0 Å². The third-order valence-electron chi connectivity index (χ3n) is 2.19. The summed E-state index contributed by atoms with van der Waals surface area (Å²) < 4.78 is 13.4. The van der Waals surface area contributed by atoms with Crippen molar-refractivity contribution in [2.45, 2.75) is 12.5 Å². The number of aromatic hydroxyl groups is 1. The molecule has 0 unspecified atom stereocenters. The molecule has 0 saturated carbocycles. The molecule has 17 heavy (non-hydrogen) atoms. The van der Waals surface area contributed by atoms with Crippen LogP contribution >= 0.6 is 12.4 Å². The molecule has 1 aromatic carbocycles. The first-order chi connectivity index (χ1) is 7.49. The molecule has 0 bridgehead atoms. The van der Waals surface area contributed by atoms with Gasteiger partial charge in [0.1, 0.15) is 17.1 Å². The van der Waals surface area contributed by atoms with E-state index in [9.17, 15) is 14.3 Å². The summed E-state index contributed by atoms with van der Waals surface area (Å²) in [6, 6.07) is 1.16. The maximum atomic E-state index is 13.4. The van der Waals surface area contributed by atoms with E-state index < -0.39 is 23.6 Å². The topological polar surface area (TPSA) is 83.6 Å². The van der Waals surface area contributed by atoms with E-state index >= 15 is 0 Å². The van der Waals surface area contributed by atoms with Crippen LogP contribution in [0.5, 0.6) is 5.75 Å². The smallest absolute Gasteiger partial charge is 0.339 e. The molecule has 0 fully saturated rings. The number of hydrogen-bond acceptors (Lipinski definition) is 3. The van der Waals surface area contributed by atoms with Crippen LogP contribution in [-0.2, 0) is 0 Å². The average molecular weight is 262 g/mol. The Morgan fingerprint density at radius 1 is 1.59 bits per heavy atom. The van der Waals surface area contributed by atoms with Gasteiger partial charge in [0.05, 0.1) is 0 Å². The lowest BCUT2D eigenvalue weighted by molar-refractivity contribution is 0.0693. The highest BCUT2D eigenvalue weighted by Gasteiger charge is 2.21. The molecular weight excluding hydrogens is 249 g/mol. The van der Waals surface area contributed by atoms with E-state index in [2.05, 4.69) is 6.58 Å². The minimum atomic E-state index is -1.33. The molecule has 0 heterocycles. The fourth-order valence-electron chi connectivity index (χ4n) is 1.41. The first-order valence-electron chi connectivity index (χ1n) is 4.60. The average Bonchev–Trinajstić information content (AvgIpc) is 2.17. The number of rotatable bonds is 4. The first-order valence-corrected chi connectivity index (χ1v) is 4.60. The van der Waals surface area contributed by atoms with Gasteiger partial charge in [0, 0.05) is 11.6 Å². The molecule has 0 aliphatic heterocycles. The summed E-state index contributed by atoms with van der Waals surface area (Å²) >= 11 is 0. The third-order valence-corrected chi connectivity index (χ3v) is 2.19. The van der Waals surface area contributed by atoms with Crippen molar-refractivity contribution >= 4 is 18.4 Å². The van der Waals surface area contributed by atoms with Crippen LogP contribution in [0.4, 0.5) is 4.39 Å². The zero-order valence-electron chi connectivity index (χ0n) is 8.89. The van der Waals surface area contributed by atoms with Gasteiger partial charge in [-0.3, -0.25) is 0 Å². The molecule has 0 aliphatic carbocycles. The van der Waals surface area contributed by atoms with Gasteiger partial charge >= 0.3 is 5.97 Å². The third kappa shape index (κ3) is 3.18. The Morgan fingerprint density at radius 3 is 2.65 bits per heavy atom. The number of benzene rings is 1. The van der Waals surface area contributed by atoms with Crippen molar-refractivity contribution in [1.29, 1.82) is 0 Å². The molecule has 0 radical (unpaired) electrons. The highest BCUT2D eigenvalue weighted by Crippen LogP contribution is 2.31. The van der Waals surface area contributed by atoms with Crippen LogP contribution in [0.3, 0.4) is 0 Å². The molecule has 6 heteroatoms. The largest absolute Gasteiger partial charge is 0.507 e. The Kier molecular flexibility index (Phi) is 5.64. The predicted molar refractivity (Wildman–Crippen MR) is 64.0 cm³/mol. The number of halogens is 2. The number of carboxylic acid groups (broad SMARTS) is 1. The normalized spacial score (nSPS) is 11.4. The molecule has 0 spiro atoms. The van der Waals surface area contributed by atoms with E-state index in [1.165, 1.54) is 6.08 Å². The molecule has 0 saturated heterocycles. The van der Waals surface area contributed by atoms with Crippen LogP contribution in [-0.4, -0.2) is 16.2 Å². The maximum Gasteiger partial charge on any atom is 0.339 e. The fourth-order valence-corrected chi connectivity index (χ4v) is 1.41. The summed E-state index contributed by atoms with van der Waals surface area (Å²) in [4.78, 5) is 10.7. The lowest BCUT2D eigenvalue weighted by Gasteiger charge is -2.14. The Balaban J connectivity index is 0.00000256. The van der Waals surface area contributed by atoms with Crippen LogP contribution in [0, 0.1) is 5.82 Å². The highest BCUT2D eigenvalue weighted by molar-refractivity contribution is 5.91. The van der Waals surface area contributed by atoms with Crippen LogP contribution in [0.2, 0.25) is 0 Å². The monoisotopic (exact) mass is 261 g/mol. The Morgan fingerprint density at radius 2 is 2.18 bits per heavy atom. The van der Waals surface area contributed by atoms with Crippen molar-refractivity contribution in [3.05, 3.63) is 41.7 Å². The van der Waals surface area contributed by atoms with E-state index in [1.807, 2.05) is 0 Å². The number of aromatic carboxylic acids is 1. The van der Waals surface area contributed by atoms with Gasteiger partial charge in [-0.25, -0.2) is 9.18 Å². The summed E-state index contributed by atoms with van der Waals surface area (Å²) in [7, 11) is 0. The molecule has 1 aromatic rings. The molecule has 1 atom stereocenters. The van der Waals surface area contributed by atoms with E-state index in [-0.39, 0.29) is 30.0 Å². The molecule has 0 amide bonds. The zero-order valence-corrected chi connectivity index (χ0v) is 9.71. The minimum absolute atomic E-state index is 0. The van der Waals surface area contributed by atoms with Crippen LogP contribution in [0.25, 0.3) is 0 Å². The van der Waals surface area contributed by atoms with Crippen LogP contribution in [0.1, 0.15) is 28.4 Å². The number of hydrogen-bond donors (Lipinski definition) is 3.